The zero-order chi connectivity index (χ0) is 13.1. The lowest BCUT2D eigenvalue weighted by Gasteiger charge is -2.17. The summed E-state index contributed by atoms with van der Waals surface area (Å²) < 4.78 is 10.3. The Morgan fingerprint density at radius 2 is 2.17 bits per heavy atom. The van der Waals surface area contributed by atoms with E-state index in [-0.39, 0.29) is 5.91 Å². The highest BCUT2D eigenvalue weighted by atomic mass is 16.5. The molecule has 0 aromatic heterocycles. The number of β-amino-alcohol motifs (C(OH)–C–C–N with tert-alkyl or cyclic N) is 1. The van der Waals surface area contributed by atoms with Gasteiger partial charge in [-0.25, -0.2) is 0 Å². The van der Waals surface area contributed by atoms with Crippen LogP contribution in [-0.4, -0.2) is 49.3 Å². The Morgan fingerprint density at radius 3 is 2.72 bits per heavy atom. The van der Waals surface area contributed by atoms with Crippen molar-refractivity contribution < 1.29 is 19.4 Å². The van der Waals surface area contributed by atoms with Gasteiger partial charge in [0, 0.05) is 13.1 Å². The fourth-order valence-electron chi connectivity index (χ4n) is 2.08. The van der Waals surface area contributed by atoms with Gasteiger partial charge in [-0.1, -0.05) is 0 Å². The zero-order valence-corrected chi connectivity index (χ0v) is 10.5. The molecule has 1 aromatic carbocycles. The summed E-state index contributed by atoms with van der Waals surface area (Å²) in [5.74, 6) is 0.989. The van der Waals surface area contributed by atoms with Gasteiger partial charge in [0.1, 0.15) is 11.5 Å². The van der Waals surface area contributed by atoms with E-state index in [9.17, 15) is 9.90 Å². The molecule has 5 nitrogen and oxygen atoms in total. The third kappa shape index (κ3) is 2.41. The monoisotopic (exact) mass is 251 g/mol. The average Bonchev–Trinajstić information content (AvgIpc) is 2.83. The van der Waals surface area contributed by atoms with E-state index in [2.05, 4.69) is 0 Å². The summed E-state index contributed by atoms with van der Waals surface area (Å²) in [7, 11) is 3.08. The molecule has 0 radical (unpaired) electrons. The minimum absolute atomic E-state index is 0.137. The fraction of sp³-hybridized carbons (Fsp3) is 0.462. The molecule has 1 saturated heterocycles. The van der Waals surface area contributed by atoms with Crippen LogP contribution >= 0.6 is 0 Å². The normalized spacial score (nSPS) is 18.8. The Labute approximate surface area is 106 Å². The minimum Gasteiger partial charge on any atom is -0.497 e. The Bertz CT molecular complexity index is 447. The molecular formula is C13H17NO4. The predicted molar refractivity (Wildman–Crippen MR) is 66.1 cm³/mol. The van der Waals surface area contributed by atoms with Gasteiger partial charge in [0.15, 0.2) is 0 Å². The summed E-state index contributed by atoms with van der Waals surface area (Å²) in [4.78, 5) is 13.9. The number of aliphatic hydroxyl groups excluding tert-OH is 1. The molecule has 1 N–H and O–H groups in total. The lowest BCUT2D eigenvalue weighted by Crippen LogP contribution is -2.29. The van der Waals surface area contributed by atoms with Crippen LogP contribution in [-0.2, 0) is 0 Å². The van der Waals surface area contributed by atoms with E-state index < -0.39 is 6.10 Å². The summed E-state index contributed by atoms with van der Waals surface area (Å²) in [6.45, 7) is 0.944. The number of hydrogen-bond acceptors (Lipinski definition) is 4. The van der Waals surface area contributed by atoms with Gasteiger partial charge in [-0.3, -0.25) is 4.79 Å². The van der Waals surface area contributed by atoms with Crippen LogP contribution < -0.4 is 9.47 Å². The molecule has 1 atom stereocenters. The largest absolute Gasteiger partial charge is 0.497 e. The highest BCUT2D eigenvalue weighted by Crippen LogP contribution is 2.26. The molecule has 2 rings (SSSR count). The molecule has 1 fully saturated rings. The third-order valence-corrected chi connectivity index (χ3v) is 3.09. The molecule has 1 amide bonds. The number of carbonyl (C=O) groups excluding carboxylic acids is 1. The Balaban J connectivity index is 2.27. The topological polar surface area (TPSA) is 59.0 Å². The van der Waals surface area contributed by atoms with E-state index in [1.54, 1.807) is 30.2 Å². The first-order valence-electron chi connectivity index (χ1n) is 5.85. The van der Waals surface area contributed by atoms with Gasteiger partial charge in [0.05, 0.1) is 25.9 Å². The summed E-state index contributed by atoms with van der Waals surface area (Å²) in [6, 6.07) is 5.11. The Hall–Kier alpha value is -1.75. The molecule has 0 aliphatic carbocycles. The molecule has 98 valence electrons. The maximum atomic E-state index is 12.3. The van der Waals surface area contributed by atoms with Crippen LogP contribution in [0.2, 0.25) is 0 Å². The van der Waals surface area contributed by atoms with Crippen LogP contribution in [0.4, 0.5) is 0 Å². The number of nitrogens with zero attached hydrogens (tertiary/aromatic N) is 1. The Morgan fingerprint density at radius 1 is 1.39 bits per heavy atom. The van der Waals surface area contributed by atoms with Crippen molar-refractivity contribution in [1.82, 2.24) is 4.90 Å². The summed E-state index contributed by atoms with van der Waals surface area (Å²) >= 11 is 0. The van der Waals surface area contributed by atoms with Gasteiger partial charge in [0.2, 0.25) is 0 Å². The van der Waals surface area contributed by atoms with Crippen molar-refractivity contribution in [3.63, 3.8) is 0 Å². The number of benzene rings is 1. The molecule has 18 heavy (non-hydrogen) atoms. The van der Waals surface area contributed by atoms with Gasteiger partial charge in [-0.2, -0.15) is 0 Å². The smallest absolute Gasteiger partial charge is 0.257 e. The first kappa shape index (κ1) is 12.7. The standard InChI is InChI=1S/C13H17NO4/c1-17-10-3-4-12(18-2)11(7-10)13(16)14-6-5-9(15)8-14/h3-4,7,9,15H,5-6,8H2,1-2H3. The van der Waals surface area contributed by atoms with Gasteiger partial charge >= 0.3 is 0 Å². The van der Waals surface area contributed by atoms with Gasteiger partial charge in [-0.05, 0) is 24.6 Å². The first-order chi connectivity index (χ1) is 8.65. The summed E-state index contributed by atoms with van der Waals surface area (Å²) in [5.41, 5.74) is 0.464. The van der Waals surface area contributed by atoms with Gasteiger partial charge in [-0.15, -0.1) is 0 Å². The van der Waals surface area contributed by atoms with Crippen molar-refractivity contribution in [2.45, 2.75) is 12.5 Å². The van der Waals surface area contributed by atoms with E-state index in [0.717, 1.165) is 0 Å². The van der Waals surface area contributed by atoms with Crippen LogP contribution in [0, 0.1) is 0 Å². The quantitative estimate of drug-likeness (QED) is 0.867. The van der Waals surface area contributed by atoms with Crippen molar-refractivity contribution in [2.24, 2.45) is 0 Å². The van der Waals surface area contributed by atoms with E-state index >= 15 is 0 Å². The lowest BCUT2D eigenvalue weighted by atomic mass is 10.1. The van der Waals surface area contributed by atoms with Crippen molar-refractivity contribution >= 4 is 5.91 Å². The minimum atomic E-state index is -0.425. The maximum absolute atomic E-state index is 12.3. The molecule has 0 saturated carbocycles. The molecule has 5 heteroatoms. The van der Waals surface area contributed by atoms with Crippen LogP contribution in [0.15, 0.2) is 18.2 Å². The van der Waals surface area contributed by atoms with Crippen LogP contribution in [0.1, 0.15) is 16.8 Å². The predicted octanol–water partition coefficient (Wildman–Crippen LogP) is 0.911. The highest BCUT2D eigenvalue weighted by Gasteiger charge is 2.27. The van der Waals surface area contributed by atoms with Crippen LogP contribution in [0.25, 0.3) is 0 Å². The van der Waals surface area contributed by atoms with Crippen molar-refractivity contribution in [3.8, 4) is 11.5 Å². The first-order valence-corrected chi connectivity index (χ1v) is 5.85. The second-order valence-electron chi connectivity index (χ2n) is 4.26. The molecule has 1 aliphatic rings. The summed E-state index contributed by atoms with van der Waals surface area (Å²) in [5, 5.41) is 9.47. The SMILES string of the molecule is COc1ccc(OC)c(C(=O)N2CCC(O)C2)c1. The number of rotatable bonds is 3. The maximum Gasteiger partial charge on any atom is 0.257 e. The number of methoxy groups -OCH3 is 2. The highest BCUT2D eigenvalue weighted by molar-refractivity contribution is 5.97. The van der Waals surface area contributed by atoms with E-state index in [4.69, 9.17) is 9.47 Å². The van der Waals surface area contributed by atoms with Crippen molar-refractivity contribution in [1.29, 1.82) is 0 Å². The molecule has 1 unspecified atom stereocenters. The second kappa shape index (κ2) is 5.27. The average molecular weight is 251 g/mol. The lowest BCUT2D eigenvalue weighted by molar-refractivity contribution is 0.0761. The summed E-state index contributed by atoms with van der Waals surface area (Å²) in [6.07, 6.45) is 0.198. The van der Waals surface area contributed by atoms with E-state index in [0.29, 0.717) is 36.6 Å². The number of aliphatic hydroxyl groups is 1. The fourth-order valence-corrected chi connectivity index (χ4v) is 2.08. The van der Waals surface area contributed by atoms with Crippen LogP contribution in [0.5, 0.6) is 11.5 Å². The molecular weight excluding hydrogens is 234 g/mol. The molecule has 1 aromatic rings. The molecule has 0 spiro atoms. The second-order valence-corrected chi connectivity index (χ2v) is 4.26. The van der Waals surface area contributed by atoms with Crippen molar-refractivity contribution in [3.05, 3.63) is 23.8 Å². The van der Waals surface area contributed by atoms with Gasteiger partial charge in [0.25, 0.3) is 5.91 Å². The third-order valence-electron chi connectivity index (χ3n) is 3.09. The number of hydrogen-bond donors (Lipinski definition) is 1. The molecule has 1 heterocycles. The van der Waals surface area contributed by atoms with Gasteiger partial charge < -0.3 is 19.5 Å². The van der Waals surface area contributed by atoms with Crippen molar-refractivity contribution in [2.75, 3.05) is 27.3 Å². The molecule has 1 aliphatic heterocycles. The Kier molecular flexibility index (Phi) is 3.72. The zero-order valence-electron chi connectivity index (χ0n) is 10.5. The molecule has 0 bridgehead atoms. The number of likely N-dealkylation sites (tertiary alicyclic amines) is 1. The van der Waals surface area contributed by atoms with Crippen LogP contribution in [0.3, 0.4) is 0 Å². The number of carbonyl (C=O) groups is 1. The van der Waals surface area contributed by atoms with E-state index in [1.807, 2.05) is 0 Å². The van der Waals surface area contributed by atoms with E-state index in [1.165, 1.54) is 7.11 Å². The number of amides is 1. The number of ether oxygens (including phenoxy) is 2.